The molecule has 0 saturated heterocycles. The molecule has 2 saturated carbocycles. The van der Waals surface area contributed by atoms with Crippen LogP contribution in [0.2, 0.25) is 0 Å². The van der Waals surface area contributed by atoms with Gasteiger partial charge in [-0.1, -0.05) is 83.8 Å². The van der Waals surface area contributed by atoms with E-state index in [2.05, 4.69) is 32.1 Å². The number of aryl methyl sites for hydroxylation is 2. The van der Waals surface area contributed by atoms with Gasteiger partial charge >= 0.3 is 0 Å². The highest BCUT2D eigenvalue weighted by Gasteiger charge is 2.54. The second kappa shape index (κ2) is 14.7. The number of hydrogen-bond donors (Lipinski definition) is 1. The molecule has 0 amide bonds. The van der Waals surface area contributed by atoms with Crippen LogP contribution in [0.25, 0.3) is 0 Å². The van der Waals surface area contributed by atoms with E-state index in [1.807, 2.05) is 6.07 Å². The highest BCUT2D eigenvalue weighted by atomic mass is 16.3. The number of phenolic OH excluding ortho intramolecular Hbond substituents is 1. The van der Waals surface area contributed by atoms with Crippen molar-refractivity contribution in [2.75, 3.05) is 0 Å². The maximum atomic E-state index is 12.7. The highest BCUT2D eigenvalue weighted by Crippen LogP contribution is 2.60. The van der Waals surface area contributed by atoms with E-state index >= 15 is 0 Å². The average molecular weight is 521 g/mol. The van der Waals surface area contributed by atoms with Gasteiger partial charge in [0.15, 0.2) is 0 Å². The van der Waals surface area contributed by atoms with Gasteiger partial charge in [0, 0.05) is 11.8 Å². The summed E-state index contributed by atoms with van der Waals surface area (Å²) in [5.41, 5.74) is 4.34. The smallest absolute Gasteiger partial charge is 0.139 e. The van der Waals surface area contributed by atoms with Gasteiger partial charge in [-0.3, -0.25) is 4.79 Å². The van der Waals surface area contributed by atoms with Crippen molar-refractivity contribution in [3.63, 3.8) is 0 Å². The third kappa shape index (κ3) is 7.33. The number of ketones is 1. The number of Topliss-reactive ketones (excluding diaryl/α,β-unsaturated/α-hetero) is 1. The molecular formula is C36H56O2. The van der Waals surface area contributed by atoms with Gasteiger partial charge in [-0.05, 0) is 117 Å². The maximum Gasteiger partial charge on any atom is 0.139 e. The molecule has 2 heteroatoms. The van der Waals surface area contributed by atoms with Crippen LogP contribution in [0.5, 0.6) is 5.75 Å². The number of rotatable bonds is 16. The topological polar surface area (TPSA) is 37.3 Å². The quantitative estimate of drug-likeness (QED) is 0.174. The minimum atomic E-state index is -0.0561. The first kappa shape index (κ1) is 29.4. The number of unbranched alkanes of at least 4 members (excludes halogenated alkanes) is 12. The molecule has 212 valence electrons. The summed E-state index contributed by atoms with van der Waals surface area (Å²) in [6.07, 6.45) is 31.1. The molecule has 2 nitrogen and oxygen atoms in total. The molecule has 1 aromatic carbocycles. The fourth-order valence-corrected chi connectivity index (χ4v) is 8.35. The third-order valence-corrected chi connectivity index (χ3v) is 10.6. The number of carbonyl (C=O) groups excluding carboxylic acids is 1. The zero-order valence-corrected chi connectivity index (χ0v) is 24.7. The molecule has 3 aliphatic rings. The van der Waals surface area contributed by atoms with Gasteiger partial charge in [0.25, 0.3) is 0 Å². The summed E-state index contributed by atoms with van der Waals surface area (Å²) in [5.74, 6) is 2.83. The predicted molar refractivity (Wildman–Crippen MR) is 161 cm³/mol. The minimum Gasteiger partial charge on any atom is -0.508 e. The van der Waals surface area contributed by atoms with E-state index in [9.17, 15) is 9.90 Å². The molecule has 2 fully saturated rings. The Kier molecular flexibility index (Phi) is 11.4. The van der Waals surface area contributed by atoms with Crippen LogP contribution in [0, 0.1) is 17.3 Å². The zero-order valence-electron chi connectivity index (χ0n) is 24.7. The van der Waals surface area contributed by atoms with Crippen molar-refractivity contribution in [3.05, 3.63) is 41.0 Å². The first-order valence-corrected chi connectivity index (χ1v) is 16.6. The fourth-order valence-electron chi connectivity index (χ4n) is 8.35. The van der Waals surface area contributed by atoms with Crippen molar-refractivity contribution >= 4 is 5.78 Å². The molecule has 3 unspecified atom stereocenters. The lowest BCUT2D eigenvalue weighted by Gasteiger charge is -2.48. The lowest BCUT2D eigenvalue weighted by molar-refractivity contribution is -0.129. The van der Waals surface area contributed by atoms with E-state index < -0.39 is 0 Å². The van der Waals surface area contributed by atoms with E-state index in [0.717, 1.165) is 38.5 Å². The molecule has 0 bridgehead atoms. The van der Waals surface area contributed by atoms with Crippen LogP contribution < -0.4 is 0 Å². The van der Waals surface area contributed by atoms with Gasteiger partial charge in [-0.15, -0.1) is 0 Å². The average Bonchev–Trinajstić information content (AvgIpc) is 3.22. The largest absolute Gasteiger partial charge is 0.508 e. The van der Waals surface area contributed by atoms with Crippen molar-refractivity contribution in [3.8, 4) is 5.75 Å². The van der Waals surface area contributed by atoms with Crippen LogP contribution in [0.4, 0.5) is 0 Å². The molecule has 1 N–H and O–H groups in total. The summed E-state index contributed by atoms with van der Waals surface area (Å²) >= 11 is 0. The Labute approximate surface area is 234 Å². The first-order chi connectivity index (χ1) is 18.5. The first-order valence-electron chi connectivity index (χ1n) is 16.6. The van der Waals surface area contributed by atoms with Crippen molar-refractivity contribution in [1.29, 1.82) is 0 Å². The lowest BCUT2D eigenvalue weighted by Crippen LogP contribution is -2.42. The Morgan fingerprint density at radius 2 is 1.50 bits per heavy atom. The van der Waals surface area contributed by atoms with Gasteiger partial charge in [-0.2, -0.15) is 0 Å². The molecule has 0 heterocycles. The number of carbonyl (C=O) groups is 1. The second-order valence-corrected chi connectivity index (χ2v) is 13.2. The summed E-state index contributed by atoms with van der Waals surface area (Å²) in [4.78, 5) is 12.7. The van der Waals surface area contributed by atoms with E-state index in [-0.39, 0.29) is 5.41 Å². The molecular weight excluding hydrogens is 464 g/mol. The summed E-state index contributed by atoms with van der Waals surface area (Å²) in [7, 11) is 0. The number of aromatic hydroxyl groups is 1. The predicted octanol–water partition coefficient (Wildman–Crippen LogP) is 10.4. The Morgan fingerprint density at radius 1 is 0.842 bits per heavy atom. The Balaban J connectivity index is 1.15. The molecule has 0 radical (unpaired) electrons. The Morgan fingerprint density at radius 3 is 2.21 bits per heavy atom. The molecule has 3 aliphatic carbocycles. The molecule has 4 atom stereocenters. The van der Waals surface area contributed by atoms with Crippen molar-refractivity contribution in [2.45, 2.75) is 155 Å². The molecule has 0 spiro atoms. The van der Waals surface area contributed by atoms with Crippen LogP contribution >= 0.6 is 0 Å². The SMILES string of the molecule is CCCCCCCCC=CCCCCCCCCc1cc(O)cc2c1C1CC[C@]3(C)C(=O)CCC3C1CC2. The third-order valence-electron chi connectivity index (χ3n) is 10.6. The summed E-state index contributed by atoms with van der Waals surface area (Å²) in [6.45, 7) is 4.55. The normalized spacial score (nSPS) is 26.5. The standard InChI is InChI=1S/C36H56O2/c1-3-4-5-6-7-8-9-10-11-12-13-14-15-16-17-18-19-28-26-30(37)27-29-20-21-31-32(35(28)29)24-25-36(2)33(31)22-23-34(36)38/h10-11,26-27,31-33,37H,3-9,12-25H2,1-2H3/t31?,32?,33?,36-/m0/s1. The van der Waals surface area contributed by atoms with Gasteiger partial charge < -0.3 is 5.11 Å². The maximum absolute atomic E-state index is 12.7. The van der Waals surface area contributed by atoms with Gasteiger partial charge in [0.1, 0.15) is 11.5 Å². The molecule has 4 rings (SSSR count). The summed E-state index contributed by atoms with van der Waals surface area (Å²) < 4.78 is 0. The fraction of sp³-hybridized carbons (Fsp3) is 0.750. The zero-order chi connectivity index (χ0) is 26.8. The van der Waals surface area contributed by atoms with Gasteiger partial charge in [-0.25, -0.2) is 0 Å². The second-order valence-electron chi connectivity index (χ2n) is 13.2. The summed E-state index contributed by atoms with van der Waals surface area (Å²) in [6, 6.07) is 4.12. The van der Waals surface area contributed by atoms with Gasteiger partial charge in [0.2, 0.25) is 0 Å². The number of allylic oxidation sites excluding steroid dienone is 2. The van der Waals surface area contributed by atoms with Crippen LogP contribution in [0.3, 0.4) is 0 Å². The number of phenols is 1. The van der Waals surface area contributed by atoms with Crippen LogP contribution in [-0.4, -0.2) is 10.9 Å². The number of fused-ring (bicyclic) bond motifs is 5. The summed E-state index contributed by atoms with van der Waals surface area (Å²) in [5, 5.41) is 10.5. The number of benzene rings is 1. The van der Waals surface area contributed by atoms with Crippen LogP contribution in [0.1, 0.15) is 158 Å². The molecule has 1 aromatic rings. The van der Waals surface area contributed by atoms with Crippen LogP contribution in [0.15, 0.2) is 24.3 Å². The molecule has 38 heavy (non-hydrogen) atoms. The molecule has 0 aliphatic heterocycles. The van der Waals surface area contributed by atoms with E-state index in [4.69, 9.17) is 0 Å². The van der Waals surface area contributed by atoms with E-state index in [1.54, 1.807) is 5.56 Å². The number of hydrogen-bond acceptors (Lipinski definition) is 2. The van der Waals surface area contributed by atoms with E-state index in [0.29, 0.717) is 29.3 Å². The monoisotopic (exact) mass is 520 g/mol. The Hall–Kier alpha value is -1.57. The van der Waals surface area contributed by atoms with E-state index in [1.165, 1.54) is 107 Å². The van der Waals surface area contributed by atoms with Crippen molar-refractivity contribution in [2.24, 2.45) is 17.3 Å². The van der Waals surface area contributed by atoms with Crippen molar-refractivity contribution in [1.82, 2.24) is 0 Å². The van der Waals surface area contributed by atoms with Crippen molar-refractivity contribution < 1.29 is 9.90 Å². The molecule has 0 aromatic heterocycles. The minimum absolute atomic E-state index is 0.0561. The highest BCUT2D eigenvalue weighted by molar-refractivity contribution is 5.87. The lowest BCUT2D eigenvalue weighted by atomic mass is 9.55. The Bertz CT molecular complexity index is 914. The van der Waals surface area contributed by atoms with Gasteiger partial charge in [0.05, 0.1) is 0 Å². The van der Waals surface area contributed by atoms with Crippen LogP contribution in [-0.2, 0) is 17.6 Å².